The van der Waals surface area contributed by atoms with Crippen LogP contribution < -0.4 is 0 Å². The quantitative estimate of drug-likeness (QED) is 0.512. The van der Waals surface area contributed by atoms with E-state index in [1.54, 1.807) is 0 Å². The molecule has 0 aliphatic rings. The van der Waals surface area contributed by atoms with Crippen LogP contribution in [0.4, 0.5) is 0 Å². The molecule has 0 amide bonds. The van der Waals surface area contributed by atoms with Gasteiger partial charge in [0, 0.05) is 0 Å². The van der Waals surface area contributed by atoms with Gasteiger partial charge in [0.15, 0.2) is 0 Å². The Labute approximate surface area is 46.4 Å². The summed E-state index contributed by atoms with van der Waals surface area (Å²) in [4.78, 5) is 0. The monoisotopic (exact) mass is 289 g/mol. The summed E-state index contributed by atoms with van der Waals surface area (Å²) >= 11 is -0.961. The molecule has 0 aliphatic heterocycles. The zero-order valence-electron chi connectivity index (χ0n) is 4.59. The zero-order valence-corrected chi connectivity index (χ0v) is 7.91. The third-order valence-electron chi connectivity index (χ3n) is 0.369. The number of rotatable bonds is 1. The fourth-order valence-electron chi connectivity index (χ4n) is 0. The van der Waals surface area contributed by atoms with Gasteiger partial charge in [-0.1, -0.05) is 0 Å². The van der Waals surface area contributed by atoms with E-state index >= 15 is 0 Å². The van der Waals surface area contributed by atoms with Crippen molar-refractivity contribution >= 4 is 9.24 Å². The molecule has 0 nitrogen and oxygen atoms in total. The zero-order chi connectivity index (χ0) is 5.21. The van der Waals surface area contributed by atoms with Gasteiger partial charge in [-0.25, -0.2) is 0 Å². The van der Waals surface area contributed by atoms with E-state index in [0.717, 1.165) is 0 Å². The van der Waals surface area contributed by atoms with Gasteiger partial charge in [0.05, 0.1) is 0 Å². The molecule has 0 rings (SSSR count). The molecule has 0 saturated heterocycles. The van der Waals surface area contributed by atoms with Gasteiger partial charge in [-0.3, -0.25) is 0 Å². The van der Waals surface area contributed by atoms with Gasteiger partial charge < -0.3 is 0 Å². The average Bonchev–Trinajstić information content (AvgIpc) is 1.35. The van der Waals surface area contributed by atoms with Crippen LogP contribution in [0.25, 0.3) is 0 Å². The predicted octanol–water partition coefficient (Wildman–Crippen LogP) is 2.12. The Kier molecular flexibility index (Phi) is 2.95. The first-order valence-electron chi connectivity index (χ1n) is 1.53. The van der Waals surface area contributed by atoms with E-state index < -0.39 is 17.1 Å². The fraction of sp³-hybridized carbons (Fsp3) is 1.00. The normalized spacial score (nSPS) is 14.7. The van der Waals surface area contributed by atoms with Crippen molar-refractivity contribution in [2.24, 2.45) is 0 Å². The van der Waals surface area contributed by atoms with Crippen molar-refractivity contribution in [3.8, 4) is 0 Å². The van der Waals surface area contributed by atoms with Crippen molar-refractivity contribution in [3.63, 3.8) is 0 Å². The summed E-state index contributed by atoms with van der Waals surface area (Å²) in [6.45, 7) is 0. The Morgan fingerprint density at radius 3 is 1.50 bits per heavy atom. The molecule has 0 N–H and O–H groups in total. The first kappa shape index (κ1) is 7.17. The molecule has 0 bridgehead atoms. The second-order valence-corrected chi connectivity index (χ2v) is 15.7. The second-order valence-electron chi connectivity index (χ2n) is 1.67. The second kappa shape index (κ2) is 2.47. The van der Waals surface area contributed by atoms with Crippen LogP contribution in [0, 0.1) is 0 Å². The molecular formula is C4H13AuP. The molecule has 6 heavy (non-hydrogen) atoms. The van der Waals surface area contributed by atoms with E-state index in [1.807, 2.05) is 0 Å². The Morgan fingerprint density at radius 2 is 1.50 bits per heavy atom. The molecule has 1 unspecified atom stereocenters. The van der Waals surface area contributed by atoms with Gasteiger partial charge in [-0.05, 0) is 0 Å². The summed E-state index contributed by atoms with van der Waals surface area (Å²) in [5, 5.41) is 7.19. The Bertz CT molecular complexity index is 37.3. The molecule has 0 radical (unpaired) electrons. The molecule has 0 heterocycles. The molecule has 0 fully saturated rings. The van der Waals surface area contributed by atoms with E-state index in [1.165, 1.54) is 4.38 Å². The molecule has 45 valence electrons. The topological polar surface area (TPSA) is 0 Å². The molecule has 0 spiro atoms. The minimum absolute atomic E-state index is 0.961. The van der Waals surface area contributed by atoms with Crippen molar-refractivity contribution in [1.29, 1.82) is 0 Å². The number of hydrogen-bond donors (Lipinski definition) is 0. The molecule has 0 aromatic carbocycles. The van der Waals surface area contributed by atoms with Crippen molar-refractivity contribution < 1.29 is 17.1 Å². The molecule has 0 aromatic heterocycles. The van der Waals surface area contributed by atoms with Gasteiger partial charge in [-0.2, -0.15) is 0 Å². The third-order valence-corrected chi connectivity index (χ3v) is 9.07. The summed E-state index contributed by atoms with van der Waals surface area (Å²) in [7, 11) is 2.80. The van der Waals surface area contributed by atoms with Crippen LogP contribution in [-0.4, -0.2) is 4.38 Å². The van der Waals surface area contributed by atoms with Gasteiger partial charge in [0.1, 0.15) is 0 Å². The maximum absolute atomic E-state index is 2.80. The Hall–Kier alpha value is 1.17. The maximum atomic E-state index is 2.80. The van der Waals surface area contributed by atoms with Crippen LogP contribution in [-0.2, 0) is 17.1 Å². The molecule has 0 aromatic rings. The van der Waals surface area contributed by atoms with E-state index in [2.05, 4.69) is 24.7 Å². The first-order chi connectivity index (χ1) is 2.56. The van der Waals surface area contributed by atoms with Crippen LogP contribution >= 0.6 is 9.24 Å². The summed E-state index contributed by atoms with van der Waals surface area (Å²) in [6, 6.07) is 0. The van der Waals surface area contributed by atoms with Gasteiger partial charge in [0.2, 0.25) is 0 Å². The Balaban J connectivity index is 3.17. The van der Waals surface area contributed by atoms with Crippen LogP contribution in [0.5, 0.6) is 0 Å². The van der Waals surface area contributed by atoms with Crippen molar-refractivity contribution in [1.82, 2.24) is 0 Å². The standard InChI is InChI=1S/CH4P.3CH3.Au/c1-2;;;;/h1-2H2;3*1H3;. The molecular weight excluding hydrogens is 276 g/mol. The summed E-state index contributed by atoms with van der Waals surface area (Å²) in [6.07, 6.45) is 0. The Morgan fingerprint density at radius 1 is 1.33 bits per heavy atom. The van der Waals surface area contributed by atoms with Crippen LogP contribution in [0.15, 0.2) is 0 Å². The van der Waals surface area contributed by atoms with Crippen LogP contribution in [0.2, 0.25) is 15.4 Å². The fourth-order valence-corrected chi connectivity index (χ4v) is 0. The molecule has 1 atom stereocenters. The van der Waals surface area contributed by atoms with Crippen molar-refractivity contribution in [2.75, 3.05) is 4.38 Å². The summed E-state index contributed by atoms with van der Waals surface area (Å²) in [5.41, 5.74) is 0. The van der Waals surface area contributed by atoms with Crippen LogP contribution in [0.1, 0.15) is 0 Å². The van der Waals surface area contributed by atoms with Gasteiger partial charge >= 0.3 is 46.2 Å². The molecule has 2 heteroatoms. The van der Waals surface area contributed by atoms with E-state index in [-0.39, 0.29) is 0 Å². The third kappa shape index (κ3) is 5.17. The van der Waals surface area contributed by atoms with E-state index in [0.29, 0.717) is 0 Å². The van der Waals surface area contributed by atoms with Crippen LogP contribution in [0.3, 0.4) is 0 Å². The summed E-state index contributed by atoms with van der Waals surface area (Å²) in [5.74, 6) is 0. The average molecular weight is 289 g/mol. The van der Waals surface area contributed by atoms with E-state index in [4.69, 9.17) is 0 Å². The molecule has 0 saturated carbocycles. The first-order valence-corrected chi connectivity index (χ1v) is 10.4. The van der Waals surface area contributed by atoms with Crippen molar-refractivity contribution in [2.45, 2.75) is 15.4 Å². The predicted molar refractivity (Wildman–Crippen MR) is 32.2 cm³/mol. The van der Waals surface area contributed by atoms with Crippen molar-refractivity contribution in [3.05, 3.63) is 0 Å². The summed E-state index contributed by atoms with van der Waals surface area (Å²) < 4.78 is 1.36. The number of hydrogen-bond acceptors (Lipinski definition) is 0. The van der Waals surface area contributed by atoms with Gasteiger partial charge in [0.25, 0.3) is 0 Å². The van der Waals surface area contributed by atoms with Gasteiger partial charge in [-0.15, -0.1) is 0 Å². The minimum atomic E-state index is -0.961. The SMILES string of the molecule is [CH3][Au]([CH3])([CH3])[CH2]P. The molecule has 0 aliphatic carbocycles. The van der Waals surface area contributed by atoms with E-state index in [9.17, 15) is 0 Å².